The number of rotatable bonds is 3. The SMILES string of the molecule is C=C[C@@](C)(CC)C(=O)OC. The normalized spacial score (nSPS) is 15.5. The van der Waals surface area contributed by atoms with Crippen molar-refractivity contribution in [3.05, 3.63) is 12.7 Å². The number of hydrogen-bond donors (Lipinski definition) is 0. The highest BCUT2D eigenvalue weighted by atomic mass is 16.5. The number of methoxy groups -OCH3 is 1. The van der Waals surface area contributed by atoms with E-state index in [9.17, 15) is 4.79 Å². The zero-order valence-corrected chi connectivity index (χ0v) is 6.81. The smallest absolute Gasteiger partial charge is 0.315 e. The van der Waals surface area contributed by atoms with Crippen LogP contribution in [0.5, 0.6) is 0 Å². The summed E-state index contributed by atoms with van der Waals surface area (Å²) >= 11 is 0. The molecule has 0 heterocycles. The molecule has 0 aromatic carbocycles. The predicted octanol–water partition coefficient (Wildman–Crippen LogP) is 1.76. The second-order valence-corrected chi connectivity index (χ2v) is 2.47. The first-order valence-corrected chi connectivity index (χ1v) is 3.32. The van der Waals surface area contributed by atoms with Gasteiger partial charge in [-0.3, -0.25) is 4.79 Å². The van der Waals surface area contributed by atoms with Crippen LogP contribution in [0.3, 0.4) is 0 Å². The summed E-state index contributed by atoms with van der Waals surface area (Å²) in [5, 5.41) is 0. The molecule has 0 bridgehead atoms. The van der Waals surface area contributed by atoms with Crippen molar-refractivity contribution < 1.29 is 9.53 Å². The lowest BCUT2D eigenvalue weighted by atomic mass is 9.88. The monoisotopic (exact) mass is 142 g/mol. The van der Waals surface area contributed by atoms with Crippen molar-refractivity contribution in [3.63, 3.8) is 0 Å². The Hall–Kier alpha value is -0.790. The van der Waals surface area contributed by atoms with Crippen molar-refractivity contribution in [2.75, 3.05) is 7.11 Å². The van der Waals surface area contributed by atoms with E-state index in [2.05, 4.69) is 11.3 Å². The summed E-state index contributed by atoms with van der Waals surface area (Å²) in [6.07, 6.45) is 2.35. The average molecular weight is 142 g/mol. The molecule has 0 aliphatic carbocycles. The molecule has 0 aliphatic heterocycles. The molecule has 0 fully saturated rings. The van der Waals surface area contributed by atoms with Gasteiger partial charge in [-0.1, -0.05) is 13.0 Å². The van der Waals surface area contributed by atoms with Gasteiger partial charge in [0.2, 0.25) is 0 Å². The molecule has 0 aromatic rings. The minimum atomic E-state index is -0.505. The maximum absolute atomic E-state index is 11.0. The summed E-state index contributed by atoms with van der Waals surface area (Å²) in [7, 11) is 1.39. The fourth-order valence-electron chi connectivity index (χ4n) is 0.605. The molecule has 58 valence electrons. The molecule has 0 N–H and O–H groups in total. The van der Waals surface area contributed by atoms with Gasteiger partial charge >= 0.3 is 5.97 Å². The van der Waals surface area contributed by atoms with Crippen LogP contribution in [0.25, 0.3) is 0 Å². The second kappa shape index (κ2) is 3.40. The first kappa shape index (κ1) is 9.21. The first-order valence-electron chi connectivity index (χ1n) is 3.32. The summed E-state index contributed by atoms with van der Waals surface area (Å²) in [4.78, 5) is 11.0. The molecule has 0 saturated carbocycles. The van der Waals surface area contributed by atoms with Gasteiger partial charge in [0, 0.05) is 0 Å². The highest BCUT2D eigenvalue weighted by molar-refractivity contribution is 5.78. The Morgan fingerprint density at radius 2 is 2.30 bits per heavy atom. The second-order valence-electron chi connectivity index (χ2n) is 2.47. The Morgan fingerprint density at radius 1 is 1.80 bits per heavy atom. The van der Waals surface area contributed by atoms with Gasteiger partial charge in [0.05, 0.1) is 12.5 Å². The van der Waals surface area contributed by atoms with E-state index in [0.29, 0.717) is 0 Å². The fourth-order valence-corrected chi connectivity index (χ4v) is 0.605. The topological polar surface area (TPSA) is 26.3 Å². The Labute approximate surface area is 61.9 Å². The molecule has 0 saturated heterocycles. The zero-order chi connectivity index (χ0) is 8.20. The van der Waals surface area contributed by atoms with Crippen LogP contribution >= 0.6 is 0 Å². The third-order valence-electron chi connectivity index (χ3n) is 1.84. The molecule has 0 radical (unpaired) electrons. The van der Waals surface area contributed by atoms with Crippen LogP contribution in [0.1, 0.15) is 20.3 Å². The van der Waals surface area contributed by atoms with Crippen LogP contribution in [0.15, 0.2) is 12.7 Å². The highest BCUT2D eigenvalue weighted by Crippen LogP contribution is 2.23. The van der Waals surface area contributed by atoms with Gasteiger partial charge in [0.25, 0.3) is 0 Å². The van der Waals surface area contributed by atoms with Crippen molar-refractivity contribution in [2.45, 2.75) is 20.3 Å². The van der Waals surface area contributed by atoms with Crippen LogP contribution < -0.4 is 0 Å². The Kier molecular flexibility index (Phi) is 3.13. The summed E-state index contributed by atoms with van der Waals surface area (Å²) in [5.74, 6) is -0.218. The van der Waals surface area contributed by atoms with E-state index in [0.717, 1.165) is 6.42 Å². The third-order valence-corrected chi connectivity index (χ3v) is 1.84. The van der Waals surface area contributed by atoms with E-state index in [1.54, 1.807) is 6.08 Å². The third kappa shape index (κ3) is 1.59. The summed E-state index contributed by atoms with van der Waals surface area (Å²) in [6, 6.07) is 0. The lowest BCUT2D eigenvalue weighted by molar-refractivity contribution is -0.149. The zero-order valence-electron chi connectivity index (χ0n) is 6.81. The maximum Gasteiger partial charge on any atom is 0.315 e. The number of carbonyl (C=O) groups excluding carboxylic acids is 1. The number of ether oxygens (including phenoxy) is 1. The summed E-state index contributed by atoms with van der Waals surface area (Å²) in [5.41, 5.74) is -0.505. The van der Waals surface area contributed by atoms with Crippen LogP contribution in [0.4, 0.5) is 0 Å². The molecule has 0 aliphatic rings. The molecule has 2 nitrogen and oxygen atoms in total. The minimum absolute atomic E-state index is 0.218. The Bertz CT molecular complexity index is 140. The van der Waals surface area contributed by atoms with E-state index in [1.165, 1.54) is 7.11 Å². The highest BCUT2D eigenvalue weighted by Gasteiger charge is 2.28. The lowest BCUT2D eigenvalue weighted by Crippen LogP contribution is -2.25. The average Bonchev–Trinajstić information content (AvgIpc) is 2.01. The van der Waals surface area contributed by atoms with Gasteiger partial charge in [-0.05, 0) is 13.3 Å². The number of carbonyl (C=O) groups is 1. The van der Waals surface area contributed by atoms with Gasteiger partial charge in [0.15, 0.2) is 0 Å². The fraction of sp³-hybridized carbons (Fsp3) is 0.625. The largest absolute Gasteiger partial charge is 0.468 e. The van der Waals surface area contributed by atoms with E-state index < -0.39 is 5.41 Å². The first-order chi connectivity index (χ1) is 4.60. The van der Waals surface area contributed by atoms with Gasteiger partial charge in [-0.15, -0.1) is 6.58 Å². The molecule has 2 heteroatoms. The lowest BCUT2D eigenvalue weighted by Gasteiger charge is -2.19. The van der Waals surface area contributed by atoms with Gasteiger partial charge in [-0.25, -0.2) is 0 Å². The van der Waals surface area contributed by atoms with E-state index in [-0.39, 0.29) is 5.97 Å². The predicted molar refractivity (Wildman–Crippen MR) is 40.6 cm³/mol. The molecular weight excluding hydrogens is 128 g/mol. The Morgan fingerprint density at radius 3 is 2.40 bits per heavy atom. The number of esters is 1. The molecule has 0 aromatic heterocycles. The van der Waals surface area contributed by atoms with Crippen LogP contribution in [-0.2, 0) is 9.53 Å². The molecule has 0 rings (SSSR count). The van der Waals surface area contributed by atoms with Crippen molar-refractivity contribution in [1.82, 2.24) is 0 Å². The van der Waals surface area contributed by atoms with Gasteiger partial charge in [-0.2, -0.15) is 0 Å². The molecule has 0 spiro atoms. The van der Waals surface area contributed by atoms with E-state index >= 15 is 0 Å². The standard InChI is InChI=1S/C8H14O2/c1-5-8(3,6-2)7(9)10-4/h5H,1,6H2,2-4H3/t8-/m0/s1. The molecule has 0 amide bonds. The molecular formula is C8H14O2. The minimum Gasteiger partial charge on any atom is -0.468 e. The van der Waals surface area contributed by atoms with Crippen LogP contribution in [-0.4, -0.2) is 13.1 Å². The van der Waals surface area contributed by atoms with Gasteiger partial charge < -0.3 is 4.74 Å². The molecule has 10 heavy (non-hydrogen) atoms. The van der Waals surface area contributed by atoms with Crippen LogP contribution in [0, 0.1) is 5.41 Å². The summed E-state index contributed by atoms with van der Waals surface area (Å²) < 4.78 is 4.59. The quantitative estimate of drug-likeness (QED) is 0.443. The van der Waals surface area contributed by atoms with Gasteiger partial charge in [0.1, 0.15) is 0 Å². The Balaban J connectivity index is 4.31. The molecule has 0 unspecified atom stereocenters. The summed E-state index contributed by atoms with van der Waals surface area (Å²) in [6.45, 7) is 7.31. The van der Waals surface area contributed by atoms with Crippen molar-refractivity contribution in [2.24, 2.45) is 5.41 Å². The van der Waals surface area contributed by atoms with Crippen molar-refractivity contribution in [1.29, 1.82) is 0 Å². The van der Waals surface area contributed by atoms with E-state index in [4.69, 9.17) is 0 Å². The molecule has 1 atom stereocenters. The maximum atomic E-state index is 11.0. The van der Waals surface area contributed by atoms with E-state index in [1.807, 2.05) is 13.8 Å². The van der Waals surface area contributed by atoms with Crippen molar-refractivity contribution in [3.8, 4) is 0 Å². The van der Waals surface area contributed by atoms with Crippen LogP contribution in [0.2, 0.25) is 0 Å². The van der Waals surface area contributed by atoms with Crippen molar-refractivity contribution >= 4 is 5.97 Å². The number of hydrogen-bond acceptors (Lipinski definition) is 2.